The Morgan fingerprint density at radius 1 is 0.714 bits per heavy atom. The average molecular weight is 685 g/mol. The maximum Gasteiger partial charge on any atom is 0.343 e. The van der Waals surface area contributed by atoms with Crippen molar-refractivity contribution in [2.24, 2.45) is 0 Å². The number of methoxy groups -OCH3 is 1. The zero-order chi connectivity index (χ0) is 36.2. The Kier molecular flexibility index (Phi) is 12.4. The van der Waals surface area contributed by atoms with E-state index >= 15 is 0 Å². The van der Waals surface area contributed by atoms with Crippen LogP contribution in [0.3, 0.4) is 0 Å². The largest absolute Gasteiger partial charge is 0.504 e. The quantitative estimate of drug-likeness (QED) is 0.0910. The molecule has 4 rings (SSSR count). The lowest BCUT2D eigenvalue weighted by Gasteiger charge is -2.13. The third-order valence-corrected chi connectivity index (χ3v) is 5.84. The molecular weight excluding hydrogens is 658 g/mol. The van der Waals surface area contributed by atoms with Gasteiger partial charge in [0, 0.05) is 26.0 Å². The number of amides is 2. The van der Waals surface area contributed by atoms with Gasteiger partial charge in [-0.15, -0.1) is 0 Å². The molecule has 0 aliphatic rings. The number of esters is 1. The number of nitro benzene ring substituents is 2. The minimum Gasteiger partial charge on any atom is -0.504 e. The standard InChI is InChI=1S/C17H15FN2O7.C14H11FN2O5/c1-10(21)19-12-8-16(13(20(23)24)7-11(12)18)27-15-6-4-3-5-14(15)26-9-17(22)25-2;1-8(18)16-10-7-14(11(17(20)21)6-9(10)15)22-13-5-3-2-4-12(13)19/h3-8H,9H2,1-2H3,(H,19,21);2-7,19H,1H3,(H,16,18). The van der Waals surface area contributed by atoms with Gasteiger partial charge in [-0.25, -0.2) is 13.6 Å². The Hall–Kier alpha value is -6.85. The first kappa shape index (κ1) is 36.6. The monoisotopic (exact) mass is 684 g/mol. The van der Waals surface area contributed by atoms with E-state index in [4.69, 9.17) is 14.2 Å². The first-order valence-corrected chi connectivity index (χ1v) is 13.6. The maximum absolute atomic E-state index is 14.0. The summed E-state index contributed by atoms with van der Waals surface area (Å²) in [6, 6.07) is 15.2. The van der Waals surface area contributed by atoms with Gasteiger partial charge >= 0.3 is 17.3 Å². The van der Waals surface area contributed by atoms with Gasteiger partial charge in [-0.3, -0.25) is 29.8 Å². The number of nitro groups is 2. The molecule has 0 radical (unpaired) electrons. The fourth-order valence-corrected chi connectivity index (χ4v) is 3.74. The third-order valence-electron chi connectivity index (χ3n) is 5.84. The van der Waals surface area contributed by atoms with E-state index in [-0.39, 0.29) is 45.9 Å². The number of rotatable bonds is 11. The van der Waals surface area contributed by atoms with Gasteiger partial charge in [-0.05, 0) is 24.3 Å². The molecule has 0 atom stereocenters. The molecule has 256 valence electrons. The van der Waals surface area contributed by atoms with Crippen LogP contribution in [0.2, 0.25) is 0 Å². The van der Waals surface area contributed by atoms with Gasteiger partial charge in [-0.1, -0.05) is 24.3 Å². The lowest BCUT2D eigenvalue weighted by Crippen LogP contribution is -2.13. The van der Waals surface area contributed by atoms with Gasteiger partial charge in [0.1, 0.15) is 0 Å². The molecule has 0 fully saturated rings. The second-order valence-electron chi connectivity index (χ2n) is 9.46. The van der Waals surface area contributed by atoms with Crippen molar-refractivity contribution in [1.82, 2.24) is 0 Å². The van der Waals surface area contributed by atoms with E-state index in [0.29, 0.717) is 12.1 Å². The van der Waals surface area contributed by atoms with Gasteiger partial charge in [0.25, 0.3) is 0 Å². The summed E-state index contributed by atoms with van der Waals surface area (Å²) < 4.78 is 48.2. The normalized spacial score (nSPS) is 10.1. The first-order valence-electron chi connectivity index (χ1n) is 13.6. The molecule has 0 unspecified atom stereocenters. The Morgan fingerprint density at radius 2 is 1.14 bits per heavy atom. The Morgan fingerprint density at radius 3 is 1.57 bits per heavy atom. The van der Waals surface area contributed by atoms with Crippen molar-refractivity contribution < 1.29 is 57.1 Å². The van der Waals surface area contributed by atoms with Crippen LogP contribution >= 0.6 is 0 Å². The molecule has 0 spiro atoms. The highest BCUT2D eigenvalue weighted by Crippen LogP contribution is 2.40. The third kappa shape index (κ3) is 10.3. The number of hydrogen-bond donors (Lipinski definition) is 3. The number of nitrogens with zero attached hydrogens (tertiary/aromatic N) is 2. The molecule has 0 saturated carbocycles. The SMILES string of the molecule is CC(=O)Nc1cc(Oc2ccccc2O)c([N+](=O)[O-])cc1F.COC(=O)COc1ccccc1Oc1cc(NC(C)=O)c(F)cc1[N+](=O)[O-]. The molecule has 49 heavy (non-hydrogen) atoms. The molecule has 0 bridgehead atoms. The van der Waals surface area contributed by atoms with Crippen molar-refractivity contribution in [2.75, 3.05) is 24.4 Å². The number of ether oxygens (including phenoxy) is 4. The van der Waals surface area contributed by atoms with E-state index in [2.05, 4.69) is 15.4 Å². The molecule has 0 aliphatic heterocycles. The summed E-state index contributed by atoms with van der Waals surface area (Å²) >= 11 is 0. The Labute approximate surface area is 275 Å². The topological polar surface area (TPSA) is 219 Å². The predicted octanol–water partition coefficient (Wildman–Crippen LogP) is 6.23. The first-order chi connectivity index (χ1) is 23.2. The lowest BCUT2D eigenvalue weighted by molar-refractivity contribution is -0.385. The average Bonchev–Trinajstić information content (AvgIpc) is 3.04. The minimum atomic E-state index is -0.987. The molecule has 2 amide bonds. The van der Waals surface area contributed by atoms with Crippen LogP contribution in [-0.4, -0.2) is 46.5 Å². The van der Waals surface area contributed by atoms with Crippen molar-refractivity contribution in [2.45, 2.75) is 13.8 Å². The number of benzene rings is 4. The molecule has 4 aromatic carbocycles. The maximum atomic E-state index is 14.0. The highest BCUT2D eigenvalue weighted by molar-refractivity contribution is 5.90. The van der Waals surface area contributed by atoms with E-state index in [0.717, 1.165) is 19.1 Å². The molecule has 18 heteroatoms. The van der Waals surface area contributed by atoms with Crippen molar-refractivity contribution in [1.29, 1.82) is 0 Å². The highest BCUT2D eigenvalue weighted by Gasteiger charge is 2.23. The number of halogens is 2. The summed E-state index contributed by atoms with van der Waals surface area (Å²) in [5.41, 5.74) is -1.82. The van der Waals surface area contributed by atoms with E-state index in [1.54, 1.807) is 24.3 Å². The van der Waals surface area contributed by atoms with Gasteiger partial charge in [0.05, 0.1) is 40.5 Å². The number of carbonyl (C=O) groups excluding carboxylic acids is 3. The number of aromatic hydroxyl groups is 1. The van der Waals surface area contributed by atoms with Crippen LogP contribution in [0.5, 0.6) is 34.5 Å². The fourth-order valence-electron chi connectivity index (χ4n) is 3.74. The van der Waals surface area contributed by atoms with E-state index in [1.807, 2.05) is 0 Å². The number of carbonyl (C=O) groups is 3. The van der Waals surface area contributed by atoms with Gasteiger partial charge < -0.3 is 34.7 Å². The summed E-state index contributed by atoms with van der Waals surface area (Å²) in [5, 5.41) is 36.3. The van der Waals surface area contributed by atoms with Crippen LogP contribution < -0.4 is 24.8 Å². The highest BCUT2D eigenvalue weighted by atomic mass is 19.1. The molecule has 16 nitrogen and oxygen atoms in total. The Balaban J connectivity index is 0.000000271. The number of nitrogens with one attached hydrogen (secondary N) is 2. The molecule has 4 aromatic rings. The van der Waals surface area contributed by atoms with Crippen molar-refractivity contribution >= 4 is 40.5 Å². The smallest absolute Gasteiger partial charge is 0.343 e. The number of anilines is 2. The van der Waals surface area contributed by atoms with Crippen molar-refractivity contribution in [3.8, 4) is 34.5 Å². The number of hydrogen-bond acceptors (Lipinski definition) is 12. The number of para-hydroxylation sites is 4. The Bertz CT molecular complexity index is 1900. The van der Waals surface area contributed by atoms with Gasteiger partial charge in [0.2, 0.25) is 23.3 Å². The zero-order valence-electron chi connectivity index (χ0n) is 25.7. The van der Waals surface area contributed by atoms with Crippen molar-refractivity contribution in [3.05, 3.63) is 105 Å². The second kappa shape index (κ2) is 16.6. The molecule has 3 N–H and O–H groups in total. The summed E-state index contributed by atoms with van der Waals surface area (Å²) in [6.45, 7) is 1.93. The summed E-state index contributed by atoms with van der Waals surface area (Å²) in [7, 11) is 1.19. The summed E-state index contributed by atoms with van der Waals surface area (Å²) in [5.74, 6) is -4.43. The van der Waals surface area contributed by atoms with Crippen LogP contribution in [0.4, 0.5) is 31.5 Å². The predicted molar refractivity (Wildman–Crippen MR) is 167 cm³/mol. The number of phenolic OH excluding ortho intramolecular Hbond substituents is 1. The van der Waals surface area contributed by atoms with Crippen molar-refractivity contribution in [3.63, 3.8) is 0 Å². The zero-order valence-corrected chi connectivity index (χ0v) is 25.7. The van der Waals surface area contributed by atoms with E-state index in [1.165, 1.54) is 38.3 Å². The van der Waals surface area contributed by atoms with Crippen LogP contribution in [0, 0.1) is 31.9 Å². The van der Waals surface area contributed by atoms with Crippen LogP contribution in [-0.2, 0) is 19.1 Å². The van der Waals surface area contributed by atoms with Crippen LogP contribution in [0.1, 0.15) is 13.8 Å². The molecule has 0 heterocycles. The van der Waals surface area contributed by atoms with Crippen LogP contribution in [0.25, 0.3) is 0 Å². The van der Waals surface area contributed by atoms with E-state index in [9.17, 15) is 48.5 Å². The van der Waals surface area contributed by atoms with E-state index < -0.39 is 57.2 Å². The molecule has 0 aliphatic carbocycles. The summed E-state index contributed by atoms with van der Waals surface area (Å²) in [6.07, 6.45) is 0. The van der Waals surface area contributed by atoms with Gasteiger partial charge in [0.15, 0.2) is 41.2 Å². The summed E-state index contributed by atoms with van der Waals surface area (Å²) in [4.78, 5) is 54.0. The van der Waals surface area contributed by atoms with Crippen LogP contribution in [0.15, 0.2) is 72.8 Å². The number of phenols is 1. The molecule has 0 aromatic heterocycles. The minimum absolute atomic E-state index is 0.0361. The second-order valence-corrected chi connectivity index (χ2v) is 9.46. The fraction of sp³-hybridized carbons (Fsp3) is 0.129. The molecular formula is C31H26F2N4O12. The molecule has 0 saturated heterocycles. The van der Waals surface area contributed by atoms with Gasteiger partial charge in [-0.2, -0.15) is 0 Å². The lowest BCUT2D eigenvalue weighted by atomic mass is 10.2.